The standard InChI is InChI=1S/C19H18F3N3O3S/c1-3-25(2)12-23-14-6-9-17-16(10-14)18(26)24-29(17,27)11-13-4-7-15(8-5-13)28-19(20,21)22/h4-10,12H,3,11H2,1-2H3/b23-12+. The Morgan fingerprint density at radius 3 is 2.52 bits per heavy atom. The summed E-state index contributed by atoms with van der Waals surface area (Å²) in [7, 11) is -1.21. The molecule has 2 aromatic carbocycles. The zero-order valence-electron chi connectivity index (χ0n) is 15.6. The Morgan fingerprint density at radius 2 is 1.90 bits per heavy atom. The van der Waals surface area contributed by atoms with E-state index in [1.54, 1.807) is 18.5 Å². The zero-order valence-corrected chi connectivity index (χ0v) is 16.5. The number of halogens is 3. The molecule has 1 aliphatic rings. The van der Waals surface area contributed by atoms with E-state index in [0.29, 0.717) is 16.1 Å². The van der Waals surface area contributed by atoms with Crippen molar-refractivity contribution >= 4 is 27.7 Å². The van der Waals surface area contributed by atoms with E-state index in [-0.39, 0.29) is 17.1 Å². The van der Waals surface area contributed by atoms with Crippen LogP contribution in [0, 0.1) is 0 Å². The van der Waals surface area contributed by atoms with E-state index in [1.807, 2.05) is 18.9 Å². The second-order valence-corrected chi connectivity index (χ2v) is 8.56. The summed E-state index contributed by atoms with van der Waals surface area (Å²) in [5.74, 6) is -1.07. The Morgan fingerprint density at radius 1 is 1.21 bits per heavy atom. The number of ether oxygens (including phenoxy) is 1. The number of carbonyl (C=O) groups excluding carboxylic acids is 1. The number of carbonyl (C=O) groups is 1. The molecule has 6 nitrogen and oxygen atoms in total. The summed E-state index contributed by atoms with van der Waals surface area (Å²) in [5.41, 5.74) is 1.23. The van der Waals surface area contributed by atoms with Gasteiger partial charge in [-0.1, -0.05) is 12.1 Å². The Bertz CT molecular complexity index is 1070. The molecule has 0 aromatic heterocycles. The van der Waals surface area contributed by atoms with Gasteiger partial charge < -0.3 is 9.64 Å². The quantitative estimate of drug-likeness (QED) is 0.509. The lowest BCUT2D eigenvalue weighted by molar-refractivity contribution is -0.274. The van der Waals surface area contributed by atoms with Crippen LogP contribution in [0.3, 0.4) is 0 Å². The normalized spacial score (nSPS) is 18.6. The van der Waals surface area contributed by atoms with Gasteiger partial charge in [-0.25, -0.2) is 9.20 Å². The molecule has 0 N–H and O–H groups in total. The van der Waals surface area contributed by atoms with Gasteiger partial charge in [-0.15, -0.1) is 13.2 Å². The van der Waals surface area contributed by atoms with Gasteiger partial charge >= 0.3 is 6.36 Å². The van der Waals surface area contributed by atoms with Crippen LogP contribution in [0.15, 0.2) is 56.7 Å². The monoisotopic (exact) mass is 425 g/mol. The first kappa shape index (κ1) is 20.8. The molecule has 0 saturated heterocycles. The van der Waals surface area contributed by atoms with E-state index in [4.69, 9.17) is 0 Å². The number of hydrogen-bond donors (Lipinski definition) is 0. The highest BCUT2D eigenvalue weighted by molar-refractivity contribution is 7.93. The Labute approximate surface area is 166 Å². The third-order valence-corrected chi connectivity index (χ3v) is 6.42. The van der Waals surface area contributed by atoms with Crippen LogP contribution in [0.4, 0.5) is 18.9 Å². The first-order chi connectivity index (χ1) is 13.6. The van der Waals surface area contributed by atoms with Crippen LogP contribution in [-0.4, -0.2) is 41.3 Å². The summed E-state index contributed by atoms with van der Waals surface area (Å²) in [6.07, 6.45) is -3.16. The maximum atomic E-state index is 13.3. The summed E-state index contributed by atoms with van der Waals surface area (Å²) >= 11 is 0. The number of alkyl halides is 3. The van der Waals surface area contributed by atoms with E-state index < -0.39 is 22.0 Å². The summed E-state index contributed by atoms with van der Waals surface area (Å²) in [6, 6.07) is 9.74. The average molecular weight is 425 g/mol. The minimum Gasteiger partial charge on any atom is -0.406 e. The van der Waals surface area contributed by atoms with E-state index >= 15 is 0 Å². The average Bonchev–Trinajstić information content (AvgIpc) is 2.90. The SMILES string of the molecule is CCN(C)/C=N/c1ccc2c(c1)C(=O)N=S2(=O)Cc1ccc(OC(F)(F)F)cc1. The van der Waals surface area contributed by atoms with Crippen LogP contribution in [0.5, 0.6) is 5.75 Å². The number of hydrogen-bond acceptors (Lipinski definition) is 4. The van der Waals surface area contributed by atoms with Crippen LogP contribution >= 0.6 is 0 Å². The number of amides is 1. The van der Waals surface area contributed by atoms with Crippen molar-refractivity contribution < 1.29 is 26.9 Å². The van der Waals surface area contributed by atoms with Crippen molar-refractivity contribution in [3.8, 4) is 5.75 Å². The van der Waals surface area contributed by atoms with Gasteiger partial charge in [0.15, 0.2) is 0 Å². The molecule has 29 heavy (non-hydrogen) atoms. The molecule has 0 fully saturated rings. The van der Waals surface area contributed by atoms with Crippen LogP contribution < -0.4 is 4.74 Å². The summed E-state index contributed by atoms with van der Waals surface area (Å²) < 4.78 is 57.7. The Kier molecular flexibility index (Phi) is 5.65. The number of benzene rings is 2. The fraction of sp³-hybridized carbons (Fsp3) is 0.263. The van der Waals surface area contributed by atoms with Gasteiger partial charge in [-0.2, -0.15) is 4.36 Å². The minimum atomic E-state index is -4.79. The molecule has 1 atom stereocenters. The van der Waals surface area contributed by atoms with Gasteiger partial charge in [0.25, 0.3) is 5.91 Å². The second-order valence-electron chi connectivity index (χ2n) is 6.37. The van der Waals surface area contributed by atoms with Crippen molar-refractivity contribution in [2.75, 3.05) is 13.6 Å². The molecule has 0 radical (unpaired) electrons. The van der Waals surface area contributed by atoms with Crippen LogP contribution in [0.2, 0.25) is 0 Å². The first-order valence-electron chi connectivity index (χ1n) is 8.62. The maximum absolute atomic E-state index is 13.3. The fourth-order valence-electron chi connectivity index (χ4n) is 2.65. The van der Waals surface area contributed by atoms with Crippen molar-refractivity contribution in [3.05, 3.63) is 53.6 Å². The zero-order chi connectivity index (χ0) is 21.2. The number of fused-ring (bicyclic) bond motifs is 1. The van der Waals surface area contributed by atoms with E-state index in [9.17, 15) is 22.2 Å². The summed E-state index contributed by atoms with van der Waals surface area (Å²) in [4.78, 5) is 18.7. The van der Waals surface area contributed by atoms with Gasteiger partial charge in [0.2, 0.25) is 0 Å². The summed E-state index contributed by atoms with van der Waals surface area (Å²) in [6.45, 7) is 2.73. The van der Waals surface area contributed by atoms with Gasteiger partial charge in [-0.05, 0) is 42.8 Å². The van der Waals surface area contributed by atoms with Crippen LogP contribution in [-0.2, 0) is 15.5 Å². The smallest absolute Gasteiger partial charge is 0.406 e. The molecule has 0 bridgehead atoms. The molecule has 10 heteroatoms. The van der Waals surface area contributed by atoms with Crippen molar-refractivity contribution in [2.24, 2.45) is 9.36 Å². The maximum Gasteiger partial charge on any atom is 0.573 e. The van der Waals surface area contributed by atoms with E-state index in [0.717, 1.165) is 18.7 Å². The minimum absolute atomic E-state index is 0.0980. The van der Waals surface area contributed by atoms with Gasteiger partial charge in [0, 0.05) is 13.6 Å². The van der Waals surface area contributed by atoms with Crippen molar-refractivity contribution in [3.63, 3.8) is 0 Å². The highest BCUT2D eigenvalue weighted by Crippen LogP contribution is 2.33. The first-order valence-corrected chi connectivity index (χ1v) is 10.3. The lowest BCUT2D eigenvalue weighted by Gasteiger charge is -2.10. The van der Waals surface area contributed by atoms with Crippen molar-refractivity contribution in [2.45, 2.75) is 23.9 Å². The molecule has 154 valence electrons. The molecule has 0 spiro atoms. The van der Waals surface area contributed by atoms with Crippen molar-refractivity contribution in [1.29, 1.82) is 0 Å². The number of nitrogens with zero attached hydrogens (tertiary/aromatic N) is 3. The van der Waals surface area contributed by atoms with E-state index in [2.05, 4.69) is 14.1 Å². The Balaban J connectivity index is 1.83. The lowest BCUT2D eigenvalue weighted by atomic mass is 10.2. The van der Waals surface area contributed by atoms with Gasteiger partial charge in [-0.3, -0.25) is 4.79 Å². The lowest BCUT2D eigenvalue weighted by Crippen LogP contribution is -2.17. The predicted molar refractivity (Wildman–Crippen MR) is 103 cm³/mol. The number of rotatable bonds is 6. The molecule has 0 aliphatic carbocycles. The Hall–Kier alpha value is -2.88. The fourth-order valence-corrected chi connectivity index (χ4v) is 4.75. The van der Waals surface area contributed by atoms with Crippen LogP contribution in [0.1, 0.15) is 22.8 Å². The van der Waals surface area contributed by atoms with Gasteiger partial charge in [0.05, 0.1) is 38.0 Å². The molecule has 1 aliphatic heterocycles. The van der Waals surface area contributed by atoms with E-state index in [1.165, 1.54) is 18.2 Å². The predicted octanol–water partition coefficient (Wildman–Crippen LogP) is 4.38. The largest absolute Gasteiger partial charge is 0.573 e. The number of aliphatic imine (C=N–C) groups is 1. The molecule has 0 saturated carbocycles. The third kappa shape index (κ3) is 4.94. The molecule has 1 amide bonds. The molecule has 3 rings (SSSR count). The molecular formula is C19H18F3N3O3S. The molecular weight excluding hydrogens is 407 g/mol. The highest BCUT2D eigenvalue weighted by Gasteiger charge is 2.32. The topological polar surface area (TPSA) is 71.3 Å². The second kappa shape index (κ2) is 7.86. The molecule has 1 unspecified atom stereocenters. The summed E-state index contributed by atoms with van der Waals surface area (Å²) in [5, 5.41) is 0. The molecule has 2 aromatic rings. The van der Waals surface area contributed by atoms with Crippen LogP contribution in [0.25, 0.3) is 0 Å². The van der Waals surface area contributed by atoms with Gasteiger partial charge in [0.1, 0.15) is 5.75 Å². The highest BCUT2D eigenvalue weighted by atomic mass is 32.2. The van der Waals surface area contributed by atoms with Crippen molar-refractivity contribution in [1.82, 2.24) is 4.90 Å². The molecule has 1 heterocycles. The third-order valence-electron chi connectivity index (χ3n) is 4.19.